The van der Waals surface area contributed by atoms with Crippen LogP contribution in [0, 0.1) is 6.92 Å². The van der Waals surface area contributed by atoms with E-state index in [4.69, 9.17) is 15.2 Å². The number of para-hydroxylation sites is 1. The smallest absolute Gasteiger partial charge is 0.124 e. The zero-order valence-corrected chi connectivity index (χ0v) is 12.5. The zero-order valence-electron chi connectivity index (χ0n) is 12.5. The van der Waals surface area contributed by atoms with Crippen molar-refractivity contribution >= 4 is 0 Å². The van der Waals surface area contributed by atoms with Crippen molar-refractivity contribution in [2.75, 3.05) is 13.2 Å². The van der Waals surface area contributed by atoms with Crippen molar-refractivity contribution < 1.29 is 9.47 Å². The zero-order chi connectivity index (χ0) is 14.8. The van der Waals surface area contributed by atoms with Gasteiger partial charge in [0.1, 0.15) is 11.5 Å². The quantitative estimate of drug-likeness (QED) is 0.933. The highest BCUT2D eigenvalue weighted by molar-refractivity contribution is 5.45. The standard InChI is InChI=1S/C18H21NO2/c1-3-20-17-9-8-12(2)10-14(17)18(19)15-11-21-16-7-5-4-6-13(15)16/h4-10,15,18H,3,11,19H2,1-2H3. The number of aryl methyl sites for hydroxylation is 1. The highest BCUT2D eigenvalue weighted by atomic mass is 16.5. The topological polar surface area (TPSA) is 44.5 Å². The van der Waals surface area contributed by atoms with Gasteiger partial charge >= 0.3 is 0 Å². The summed E-state index contributed by atoms with van der Waals surface area (Å²) in [5, 5.41) is 0. The summed E-state index contributed by atoms with van der Waals surface area (Å²) in [4.78, 5) is 0. The summed E-state index contributed by atoms with van der Waals surface area (Å²) in [6.07, 6.45) is 0. The summed E-state index contributed by atoms with van der Waals surface area (Å²) < 4.78 is 11.5. The van der Waals surface area contributed by atoms with Crippen LogP contribution in [0.5, 0.6) is 11.5 Å². The highest BCUT2D eigenvalue weighted by Gasteiger charge is 2.31. The predicted molar refractivity (Wildman–Crippen MR) is 84.0 cm³/mol. The molecule has 0 saturated carbocycles. The van der Waals surface area contributed by atoms with Gasteiger partial charge in [0.15, 0.2) is 0 Å². The van der Waals surface area contributed by atoms with Gasteiger partial charge in [-0.05, 0) is 26.0 Å². The average Bonchev–Trinajstić information content (AvgIpc) is 2.92. The van der Waals surface area contributed by atoms with E-state index in [0.717, 1.165) is 17.1 Å². The first-order valence-corrected chi connectivity index (χ1v) is 7.41. The molecule has 0 fully saturated rings. The maximum Gasteiger partial charge on any atom is 0.124 e. The fourth-order valence-electron chi connectivity index (χ4n) is 2.92. The molecule has 2 unspecified atom stereocenters. The van der Waals surface area contributed by atoms with Crippen LogP contribution in [0.15, 0.2) is 42.5 Å². The molecule has 110 valence electrons. The lowest BCUT2D eigenvalue weighted by Crippen LogP contribution is -2.22. The lowest BCUT2D eigenvalue weighted by atomic mass is 9.88. The fraction of sp³-hybridized carbons (Fsp3) is 0.333. The van der Waals surface area contributed by atoms with Crippen molar-refractivity contribution in [3.8, 4) is 11.5 Å². The van der Waals surface area contributed by atoms with Crippen LogP contribution in [0.3, 0.4) is 0 Å². The maximum atomic E-state index is 6.56. The van der Waals surface area contributed by atoms with E-state index in [0.29, 0.717) is 13.2 Å². The van der Waals surface area contributed by atoms with Crippen molar-refractivity contribution in [1.82, 2.24) is 0 Å². The van der Waals surface area contributed by atoms with E-state index in [2.05, 4.69) is 25.1 Å². The first-order valence-electron chi connectivity index (χ1n) is 7.41. The SMILES string of the molecule is CCOc1ccc(C)cc1C(N)C1COc2ccccc21. The Kier molecular flexibility index (Phi) is 3.84. The van der Waals surface area contributed by atoms with Crippen molar-refractivity contribution in [3.05, 3.63) is 59.2 Å². The number of hydrogen-bond donors (Lipinski definition) is 1. The molecule has 1 heterocycles. The molecule has 2 aromatic rings. The van der Waals surface area contributed by atoms with Crippen LogP contribution in [-0.4, -0.2) is 13.2 Å². The molecule has 3 nitrogen and oxygen atoms in total. The van der Waals surface area contributed by atoms with Gasteiger partial charge in [0, 0.05) is 23.1 Å². The number of fused-ring (bicyclic) bond motifs is 1. The van der Waals surface area contributed by atoms with Gasteiger partial charge in [-0.25, -0.2) is 0 Å². The number of hydrogen-bond acceptors (Lipinski definition) is 3. The Labute approximate surface area is 125 Å². The first kappa shape index (κ1) is 14.0. The number of nitrogens with two attached hydrogens (primary N) is 1. The molecule has 2 N–H and O–H groups in total. The third kappa shape index (κ3) is 2.61. The molecule has 3 heteroatoms. The number of ether oxygens (including phenoxy) is 2. The van der Waals surface area contributed by atoms with Crippen molar-refractivity contribution in [2.45, 2.75) is 25.8 Å². The predicted octanol–water partition coefficient (Wildman–Crippen LogP) is 3.57. The van der Waals surface area contributed by atoms with Gasteiger partial charge in [0.05, 0.1) is 13.2 Å². The fourth-order valence-corrected chi connectivity index (χ4v) is 2.92. The van der Waals surface area contributed by atoms with Gasteiger partial charge in [-0.3, -0.25) is 0 Å². The summed E-state index contributed by atoms with van der Waals surface area (Å²) in [6, 6.07) is 14.2. The van der Waals surface area contributed by atoms with Gasteiger partial charge in [0.25, 0.3) is 0 Å². The molecular formula is C18H21NO2. The van der Waals surface area contributed by atoms with Crippen LogP contribution < -0.4 is 15.2 Å². The molecule has 3 rings (SSSR count). The molecular weight excluding hydrogens is 262 g/mol. The Hall–Kier alpha value is -2.00. The molecule has 1 aliphatic heterocycles. The van der Waals surface area contributed by atoms with E-state index in [1.165, 1.54) is 11.1 Å². The largest absolute Gasteiger partial charge is 0.494 e. The van der Waals surface area contributed by atoms with E-state index in [1.807, 2.05) is 31.2 Å². The van der Waals surface area contributed by atoms with Crippen LogP contribution >= 0.6 is 0 Å². The van der Waals surface area contributed by atoms with E-state index >= 15 is 0 Å². The van der Waals surface area contributed by atoms with Crippen molar-refractivity contribution in [2.24, 2.45) is 5.73 Å². The van der Waals surface area contributed by atoms with E-state index < -0.39 is 0 Å². The van der Waals surface area contributed by atoms with Crippen LogP contribution in [0.25, 0.3) is 0 Å². The monoisotopic (exact) mass is 283 g/mol. The second kappa shape index (κ2) is 5.78. The molecule has 0 aliphatic carbocycles. The third-order valence-electron chi connectivity index (χ3n) is 3.99. The lowest BCUT2D eigenvalue weighted by molar-refractivity contribution is 0.306. The van der Waals surface area contributed by atoms with Gasteiger partial charge in [-0.2, -0.15) is 0 Å². The molecule has 0 radical (unpaired) electrons. The Morgan fingerprint density at radius 3 is 2.90 bits per heavy atom. The van der Waals surface area contributed by atoms with E-state index in [9.17, 15) is 0 Å². The average molecular weight is 283 g/mol. The lowest BCUT2D eigenvalue weighted by Gasteiger charge is -2.22. The van der Waals surface area contributed by atoms with Gasteiger partial charge < -0.3 is 15.2 Å². The number of benzene rings is 2. The summed E-state index contributed by atoms with van der Waals surface area (Å²) in [6.45, 7) is 5.33. The summed E-state index contributed by atoms with van der Waals surface area (Å²) >= 11 is 0. The molecule has 0 amide bonds. The molecule has 0 bridgehead atoms. The van der Waals surface area contributed by atoms with Gasteiger partial charge in [0.2, 0.25) is 0 Å². The normalized spacial score (nSPS) is 18.0. The van der Waals surface area contributed by atoms with Gasteiger partial charge in [-0.1, -0.05) is 35.9 Å². The summed E-state index contributed by atoms with van der Waals surface area (Å²) in [5.41, 5.74) is 9.99. The minimum atomic E-state index is -0.130. The second-order valence-corrected chi connectivity index (χ2v) is 5.46. The van der Waals surface area contributed by atoms with E-state index in [1.54, 1.807) is 0 Å². The molecule has 2 aromatic carbocycles. The van der Waals surface area contributed by atoms with Crippen LogP contribution in [0.2, 0.25) is 0 Å². The molecule has 2 atom stereocenters. The first-order chi connectivity index (χ1) is 10.2. The molecule has 0 saturated heterocycles. The van der Waals surface area contributed by atoms with Crippen LogP contribution in [0.1, 0.15) is 35.6 Å². The maximum absolute atomic E-state index is 6.56. The Morgan fingerprint density at radius 1 is 1.29 bits per heavy atom. The number of rotatable bonds is 4. The second-order valence-electron chi connectivity index (χ2n) is 5.46. The summed E-state index contributed by atoms with van der Waals surface area (Å²) in [7, 11) is 0. The molecule has 1 aliphatic rings. The Balaban J connectivity index is 1.96. The molecule has 0 aromatic heterocycles. The highest BCUT2D eigenvalue weighted by Crippen LogP contribution is 2.42. The van der Waals surface area contributed by atoms with Crippen LogP contribution in [-0.2, 0) is 0 Å². The molecule has 21 heavy (non-hydrogen) atoms. The Morgan fingerprint density at radius 2 is 2.10 bits per heavy atom. The summed E-state index contributed by atoms with van der Waals surface area (Å²) in [5.74, 6) is 1.99. The van der Waals surface area contributed by atoms with Crippen LogP contribution in [0.4, 0.5) is 0 Å². The molecule has 0 spiro atoms. The van der Waals surface area contributed by atoms with E-state index in [-0.39, 0.29) is 12.0 Å². The minimum absolute atomic E-state index is 0.130. The third-order valence-corrected chi connectivity index (χ3v) is 3.99. The minimum Gasteiger partial charge on any atom is -0.494 e. The Bertz CT molecular complexity index is 639. The van der Waals surface area contributed by atoms with Gasteiger partial charge in [-0.15, -0.1) is 0 Å². The van der Waals surface area contributed by atoms with Crippen molar-refractivity contribution in [1.29, 1.82) is 0 Å². The van der Waals surface area contributed by atoms with Crippen molar-refractivity contribution in [3.63, 3.8) is 0 Å².